The molecular weight excluding hydrogens is 164 g/mol. The van der Waals surface area contributed by atoms with E-state index in [-0.39, 0.29) is 5.97 Å². The van der Waals surface area contributed by atoms with Crippen molar-refractivity contribution in [3.8, 4) is 0 Å². The summed E-state index contributed by atoms with van der Waals surface area (Å²) in [6.07, 6.45) is 2.78. The Morgan fingerprint density at radius 1 is 1.38 bits per heavy atom. The van der Waals surface area contributed by atoms with Crippen molar-refractivity contribution < 1.29 is 9.53 Å². The fourth-order valence-corrected chi connectivity index (χ4v) is 1.02. The van der Waals surface area contributed by atoms with Gasteiger partial charge in [-0.05, 0) is 12.0 Å². The van der Waals surface area contributed by atoms with Gasteiger partial charge in [0.05, 0.1) is 6.61 Å². The molecule has 0 fully saturated rings. The van der Waals surface area contributed by atoms with Crippen LogP contribution in [0.4, 0.5) is 0 Å². The van der Waals surface area contributed by atoms with Crippen LogP contribution in [0.1, 0.15) is 12.5 Å². The molecule has 69 valence electrons. The summed E-state index contributed by atoms with van der Waals surface area (Å²) in [6, 6.07) is 10.1. The monoisotopic (exact) mass is 177 g/mol. The second-order valence-corrected chi connectivity index (χ2v) is 2.78. The molecule has 1 rings (SSSR count). The maximum atomic E-state index is 10.4. The van der Waals surface area contributed by atoms with Crippen LogP contribution in [0.3, 0.4) is 0 Å². The minimum Gasteiger partial charge on any atom is -0.466 e. The first-order chi connectivity index (χ1) is 6.29. The molecule has 0 aliphatic heterocycles. The maximum absolute atomic E-state index is 10.4. The molecule has 0 bridgehead atoms. The minimum atomic E-state index is -0.232. The lowest BCUT2D eigenvalue weighted by Crippen LogP contribution is -2.02. The minimum absolute atomic E-state index is 0.232. The van der Waals surface area contributed by atoms with Gasteiger partial charge in [-0.2, -0.15) is 0 Å². The van der Waals surface area contributed by atoms with Crippen LogP contribution < -0.4 is 0 Å². The molecule has 0 atom stereocenters. The molecule has 1 aromatic carbocycles. The molecule has 0 aromatic heterocycles. The highest BCUT2D eigenvalue weighted by atomic mass is 16.5. The second kappa shape index (κ2) is 5.36. The van der Waals surface area contributed by atoms with Crippen molar-refractivity contribution in [3.05, 3.63) is 42.3 Å². The Kier molecular flexibility index (Phi) is 4.03. The van der Waals surface area contributed by atoms with Crippen LogP contribution in [0.5, 0.6) is 0 Å². The quantitative estimate of drug-likeness (QED) is 0.519. The average molecular weight is 177 g/mol. The largest absolute Gasteiger partial charge is 0.466 e. The first kappa shape index (κ1) is 9.78. The Balaban J connectivity index is 2.17. The van der Waals surface area contributed by atoms with Gasteiger partial charge in [-0.15, -0.1) is 0 Å². The molecule has 0 heterocycles. The Labute approximate surface area is 78.5 Å². The van der Waals surface area contributed by atoms with E-state index >= 15 is 0 Å². The van der Waals surface area contributed by atoms with Crippen molar-refractivity contribution >= 4 is 5.97 Å². The Bertz CT molecular complexity index is 254. The van der Waals surface area contributed by atoms with Gasteiger partial charge in [0.25, 0.3) is 0 Å². The van der Waals surface area contributed by atoms with E-state index in [4.69, 9.17) is 4.74 Å². The van der Waals surface area contributed by atoms with Crippen LogP contribution in [-0.4, -0.2) is 12.6 Å². The molecule has 13 heavy (non-hydrogen) atoms. The van der Waals surface area contributed by atoms with Crippen molar-refractivity contribution in [1.29, 1.82) is 0 Å². The number of carbonyl (C=O) groups excluding carboxylic acids is 1. The fourth-order valence-electron chi connectivity index (χ4n) is 1.02. The lowest BCUT2D eigenvalue weighted by molar-refractivity contribution is -0.140. The molecule has 2 heteroatoms. The summed E-state index contributed by atoms with van der Waals surface area (Å²) in [5, 5.41) is 0. The molecule has 2 nitrogen and oxygen atoms in total. The number of carbonyl (C=O) groups is 1. The lowest BCUT2D eigenvalue weighted by atomic mass is 10.1. The summed E-state index contributed by atoms with van der Waals surface area (Å²) in [4.78, 5) is 10.4. The summed E-state index contributed by atoms with van der Waals surface area (Å²) >= 11 is 0. The standard InChI is InChI=1S/C11H13O2/c1-10(12)13-9-5-8-11-6-3-2-4-7-11/h2-7H,8-9H2,1H3. The number of esters is 1. The molecule has 0 unspecified atom stereocenters. The van der Waals surface area contributed by atoms with Crippen molar-refractivity contribution in [2.75, 3.05) is 6.61 Å². The smallest absolute Gasteiger partial charge is 0.302 e. The number of rotatable bonds is 4. The van der Waals surface area contributed by atoms with Crippen molar-refractivity contribution in [2.45, 2.75) is 13.3 Å². The van der Waals surface area contributed by atoms with Crippen molar-refractivity contribution in [2.24, 2.45) is 0 Å². The summed E-state index contributed by atoms with van der Waals surface area (Å²) < 4.78 is 4.77. The maximum Gasteiger partial charge on any atom is 0.302 e. The van der Waals surface area contributed by atoms with Gasteiger partial charge < -0.3 is 4.74 Å². The zero-order chi connectivity index (χ0) is 9.52. The fraction of sp³-hybridized carbons (Fsp3) is 0.273. The third-order valence-electron chi connectivity index (χ3n) is 1.63. The number of benzene rings is 1. The molecule has 1 aromatic rings. The van der Waals surface area contributed by atoms with Crippen LogP contribution in [0.2, 0.25) is 0 Å². The predicted octanol–water partition coefficient (Wildman–Crippen LogP) is 2.00. The van der Waals surface area contributed by atoms with E-state index in [0.29, 0.717) is 6.61 Å². The molecule has 0 aliphatic carbocycles. The van der Waals surface area contributed by atoms with Crippen LogP contribution in [0, 0.1) is 6.42 Å². The lowest BCUT2D eigenvalue weighted by Gasteiger charge is -2.01. The van der Waals surface area contributed by atoms with Gasteiger partial charge in [0, 0.05) is 13.3 Å². The number of hydrogen-bond acceptors (Lipinski definition) is 2. The molecule has 0 aliphatic rings. The predicted molar refractivity (Wildman–Crippen MR) is 51.1 cm³/mol. The molecule has 0 N–H and O–H groups in total. The normalized spacial score (nSPS) is 9.62. The van der Waals surface area contributed by atoms with Crippen molar-refractivity contribution in [1.82, 2.24) is 0 Å². The molecule has 0 saturated heterocycles. The molecule has 0 spiro atoms. The van der Waals surface area contributed by atoms with Gasteiger partial charge in [-0.25, -0.2) is 0 Å². The van der Waals surface area contributed by atoms with Gasteiger partial charge in [-0.3, -0.25) is 4.79 Å². The van der Waals surface area contributed by atoms with Crippen molar-refractivity contribution in [3.63, 3.8) is 0 Å². The van der Waals surface area contributed by atoms with Gasteiger partial charge in [-0.1, -0.05) is 30.3 Å². The van der Waals surface area contributed by atoms with Gasteiger partial charge in [0.2, 0.25) is 0 Å². The zero-order valence-electron chi connectivity index (χ0n) is 7.69. The van der Waals surface area contributed by atoms with Gasteiger partial charge >= 0.3 is 5.97 Å². The molecule has 1 radical (unpaired) electrons. The van der Waals surface area contributed by atoms with Crippen LogP contribution in [0.25, 0.3) is 0 Å². The summed E-state index contributed by atoms with van der Waals surface area (Å²) in [5.74, 6) is -0.232. The van der Waals surface area contributed by atoms with Gasteiger partial charge in [0.1, 0.15) is 0 Å². The second-order valence-electron chi connectivity index (χ2n) is 2.78. The third-order valence-corrected chi connectivity index (χ3v) is 1.63. The SMILES string of the molecule is CC(=O)OC[CH]Cc1ccccc1. The van der Waals surface area contributed by atoms with E-state index in [1.165, 1.54) is 12.5 Å². The van der Waals surface area contributed by atoms with E-state index in [1.54, 1.807) is 0 Å². The van der Waals surface area contributed by atoms with E-state index in [9.17, 15) is 4.79 Å². The van der Waals surface area contributed by atoms with Crippen LogP contribution in [-0.2, 0) is 16.0 Å². The van der Waals surface area contributed by atoms with Crippen LogP contribution in [0.15, 0.2) is 30.3 Å². The Morgan fingerprint density at radius 3 is 2.69 bits per heavy atom. The average Bonchev–Trinajstić information content (AvgIpc) is 2.14. The van der Waals surface area contributed by atoms with Gasteiger partial charge in [0.15, 0.2) is 0 Å². The summed E-state index contributed by atoms with van der Waals surface area (Å²) in [7, 11) is 0. The highest BCUT2D eigenvalue weighted by Gasteiger charge is 1.94. The number of ether oxygens (including phenoxy) is 1. The summed E-state index contributed by atoms with van der Waals surface area (Å²) in [5.41, 5.74) is 1.23. The zero-order valence-corrected chi connectivity index (χ0v) is 7.69. The molecule has 0 saturated carbocycles. The first-order valence-corrected chi connectivity index (χ1v) is 4.28. The highest BCUT2D eigenvalue weighted by Crippen LogP contribution is 2.01. The first-order valence-electron chi connectivity index (χ1n) is 4.28. The van der Waals surface area contributed by atoms with Crippen LogP contribution >= 0.6 is 0 Å². The Hall–Kier alpha value is -1.31. The highest BCUT2D eigenvalue weighted by molar-refractivity contribution is 5.65. The Morgan fingerprint density at radius 2 is 2.08 bits per heavy atom. The molecule has 0 amide bonds. The number of hydrogen-bond donors (Lipinski definition) is 0. The third kappa shape index (κ3) is 4.31. The summed E-state index contributed by atoms with van der Waals surface area (Å²) in [6.45, 7) is 1.81. The van der Waals surface area contributed by atoms with E-state index < -0.39 is 0 Å². The topological polar surface area (TPSA) is 26.3 Å². The van der Waals surface area contributed by atoms with E-state index in [1.807, 2.05) is 36.8 Å². The van der Waals surface area contributed by atoms with E-state index in [0.717, 1.165) is 6.42 Å². The van der Waals surface area contributed by atoms with E-state index in [2.05, 4.69) is 0 Å². The molecular formula is C11H13O2.